The molecule has 0 aromatic heterocycles. The molecule has 5 nitrogen and oxygen atoms in total. The van der Waals surface area contributed by atoms with Gasteiger partial charge in [0.05, 0.1) is 19.9 Å². The quantitative estimate of drug-likeness (QED) is 0.386. The highest BCUT2D eigenvalue weighted by Gasteiger charge is 2.04. The number of aliphatic imine (C=N–C) groups is 1. The molecular weight excluding hydrogens is 238 g/mol. The first-order valence-electron chi connectivity index (χ1n) is 4.75. The molecule has 0 radical (unpaired) electrons. The second kappa shape index (κ2) is 6.66. The molecule has 0 atom stereocenters. The van der Waals surface area contributed by atoms with E-state index in [1.165, 1.54) is 11.8 Å². The lowest BCUT2D eigenvalue weighted by molar-refractivity contribution is 0.355. The maximum absolute atomic E-state index is 8.53. The van der Waals surface area contributed by atoms with Crippen molar-refractivity contribution in [2.24, 2.45) is 4.99 Å². The SMILES string of the molecule is COc1ccc(/N=C(/NC#N)SC)cc1OC. The molecule has 0 saturated carbocycles. The predicted molar refractivity (Wildman–Crippen MR) is 68.9 cm³/mol. The van der Waals surface area contributed by atoms with Gasteiger partial charge in [-0.25, -0.2) is 4.99 Å². The van der Waals surface area contributed by atoms with Crippen molar-refractivity contribution in [1.29, 1.82) is 5.26 Å². The monoisotopic (exact) mass is 251 g/mol. The summed E-state index contributed by atoms with van der Waals surface area (Å²) >= 11 is 1.36. The Morgan fingerprint density at radius 3 is 2.59 bits per heavy atom. The van der Waals surface area contributed by atoms with Gasteiger partial charge in [-0.15, -0.1) is 0 Å². The fraction of sp³-hybridized carbons (Fsp3) is 0.273. The van der Waals surface area contributed by atoms with Crippen molar-refractivity contribution >= 4 is 22.6 Å². The molecule has 0 bridgehead atoms. The minimum absolute atomic E-state index is 0.528. The standard InChI is InChI=1S/C11H13N3O2S/c1-15-9-5-4-8(6-10(9)16-2)14-11(17-3)13-7-12/h4-6H,1-3H3,(H,13,14). The van der Waals surface area contributed by atoms with Gasteiger partial charge in [0.15, 0.2) is 22.9 Å². The van der Waals surface area contributed by atoms with Crippen LogP contribution in [0, 0.1) is 11.5 Å². The molecule has 0 heterocycles. The van der Waals surface area contributed by atoms with Crippen molar-refractivity contribution in [3.63, 3.8) is 0 Å². The maximum Gasteiger partial charge on any atom is 0.183 e. The lowest BCUT2D eigenvalue weighted by Gasteiger charge is -2.07. The van der Waals surface area contributed by atoms with Crippen molar-refractivity contribution in [2.75, 3.05) is 20.5 Å². The zero-order valence-electron chi connectivity index (χ0n) is 9.85. The molecule has 1 rings (SSSR count). The highest BCUT2D eigenvalue weighted by atomic mass is 32.2. The summed E-state index contributed by atoms with van der Waals surface area (Å²) in [6.45, 7) is 0. The molecule has 90 valence electrons. The third-order valence-corrected chi connectivity index (χ3v) is 2.53. The number of hydrogen-bond donors (Lipinski definition) is 1. The highest BCUT2D eigenvalue weighted by molar-refractivity contribution is 8.13. The van der Waals surface area contributed by atoms with E-state index in [1.807, 2.05) is 12.4 Å². The molecule has 0 unspecified atom stereocenters. The van der Waals surface area contributed by atoms with Gasteiger partial charge in [-0.1, -0.05) is 11.8 Å². The van der Waals surface area contributed by atoms with Crippen LogP contribution in [0.1, 0.15) is 0 Å². The fourth-order valence-electron chi connectivity index (χ4n) is 1.18. The van der Waals surface area contributed by atoms with Gasteiger partial charge < -0.3 is 9.47 Å². The van der Waals surface area contributed by atoms with Crippen LogP contribution in [0.4, 0.5) is 5.69 Å². The van der Waals surface area contributed by atoms with Gasteiger partial charge >= 0.3 is 0 Å². The molecule has 0 fully saturated rings. The van der Waals surface area contributed by atoms with Gasteiger partial charge in [-0.3, -0.25) is 5.32 Å². The average molecular weight is 251 g/mol. The van der Waals surface area contributed by atoms with E-state index in [4.69, 9.17) is 14.7 Å². The van der Waals surface area contributed by atoms with Crippen LogP contribution in [0.15, 0.2) is 23.2 Å². The van der Waals surface area contributed by atoms with Crippen molar-refractivity contribution in [2.45, 2.75) is 0 Å². The largest absolute Gasteiger partial charge is 0.493 e. The van der Waals surface area contributed by atoms with Crippen LogP contribution in [0.25, 0.3) is 0 Å². The Balaban J connectivity index is 3.03. The zero-order valence-corrected chi connectivity index (χ0v) is 10.7. The summed E-state index contributed by atoms with van der Waals surface area (Å²) < 4.78 is 10.3. The number of benzene rings is 1. The minimum Gasteiger partial charge on any atom is -0.493 e. The van der Waals surface area contributed by atoms with E-state index in [1.54, 1.807) is 32.4 Å². The Kier molecular flexibility index (Phi) is 5.17. The van der Waals surface area contributed by atoms with Gasteiger partial charge in [0.1, 0.15) is 0 Å². The number of nitrogens with one attached hydrogen (secondary N) is 1. The third-order valence-electron chi connectivity index (χ3n) is 1.95. The first-order chi connectivity index (χ1) is 8.24. The first-order valence-corrected chi connectivity index (χ1v) is 5.97. The number of nitrogens with zero attached hydrogens (tertiary/aromatic N) is 2. The lowest BCUT2D eigenvalue weighted by atomic mass is 10.3. The molecule has 17 heavy (non-hydrogen) atoms. The van der Waals surface area contributed by atoms with Crippen LogP contribution in [-0.4, -0.2) is 25.6 Å². The number of amidine groups is 1. The lowest BCUT2D eigenvalue weighted by Crippen LogP contribution is -2.12. The number of nitriles is 1. The Hall–Kier alpha value is -1.87. The van der Waals surface area contributed by atoms with E-state index in [9.17, 15) is 0 Å². The molecule has 6 heteroatoms. The van der Waals surface area contributed by atoms with Crippen molar-refractivity contribution < 1.29 is 9.47 Å². The second-order valence-electron chi connectivity index (χ2n) is 2.90. The summed E-state index contributed by atoms with van der Waals surface area (Å²) in [5.74, 6) is 1.25. The number of rotatable bonds is 3. The van der Waals surface area contributed by atoms with Gasteiger partial charge in [-0.05, 0) is 18.4 Å². The van der Waals surface area contributed by atoms with E-state index >= 15 is 0 Å². The van der Waals surface area contributed by atoms with Crippen LogP contribution in [0.5, 0.6) is 11.5 Å². The average Bonchev–Trinajstić information content (AvgIpc) is 2.38. The number of ether oxygens (including phenoxy) is 2. The van der Waals surface area contributed by atoms with Gasteiger partial charge in [0.25, 0.3) is 0 Å². The Morgan fingerprint density at radius 2 is 2.06 bits per heavy atom. The smallest absolute Gasteiger partial charge is 0.183 e. The summed E-state index contributed by atoms with van der Waals surface area (Å²) in [5.41, 5.74) is 0.690. The molecule has 0 aliphatic heterocycles. The normalized spacial score (nSPS) is 10.6. The molecule has 1 aromatic carbocycles. The molecule has 0 aliphatic rings. The van der Waals surface area contributed by atoms with E-state index in [0.29, 0.717) is 22.4 Å². The van der Waals surface area contributed by atoms with Crippen LogP contribution in [0.2, 0.25) is 0 Å². The molecule has 0 amide bonds. The molecule has 1 aromatic rings. The summed E-state index contributed by atoms with van der Waals surface area (Å²) in [4.78, 5) is 4.26. The topological polar surface area (TPSA) is 66.6 Å². The predicted octanol–water partition coefficient (Wildman–Crippen LogP) is 2.12. The van der Waals surface area contributed by atoms with Gasteiger partial charge in [0.2, 0.25) is 0 Å². The number of thioether (sulfide) groups is 1. The summed E-state index contributed by atoms with van der Waals surface area (Å²) in [6, 6.07) is 5.30. The van der Waals surface area contributed by atoms with Crippen molar-refractivity contribution in [1.82, 2.24) is 5.32 Å². The molecule has 1 N–H and O–H groups in total. The Morgan fingerprint density at radius 1 is 1.35 bits per heavy atom. The van der Waals surface area contributed by atoms with Gasteiger partial charge in [-0.2, -0.15) is 5.26 Å². The van der Waals surface area contributed by atoms with Crippen LogP contribution in [-0.2, 0) is 0 Å². The summed E-state index contributed by atoms with van der Waals surface area (Å²) in [6.07, 6.45) is 3.67. The highest BCUT2D eigenvalue weighted by Crippen LogP contribution is 2.31. The van der Waals surface area contributed by atoms with Crippen LogP contribution < -0.4 is 14.8 Å². The molecule has 0 saturated heterocycles. The fourth-order valence-corrected chi connectivity index (χ4v) is 1.53. The van der Waals surface area contributed by atoms with E-state index < -0.39 is 0 Å². The number of hydrogen-bond acceptors (Lipinski definition) is 5. The van der Waals surface area contributed by atoms with Crippen molar-refractivity contribution in [3.05, 3.63) is 18.2 Å². The number of methoxy groups -OCH3 is 2. The first kappa shape index (κ1) is 13.2. The molecule has 0 aliphatic carbocycles. The minimum atomic E-state index is 0.528. The van der Waals surface area contributed by atoms with E-state index in [0.717, 1.165) is 0 Å². The maximum atomic E-state index is 8.53. The Labute approximate surface area is 104 Å². The molecular formula is C11H13N3O2S. The third kappa shape index (κ3) is 3.57. The summed E-state index contributed by atoms with van der Waals surface area (Å²) in [5, 5.41) is 11.5. The van der Waals surface area contributed by atoms with E-state index in [2.05, 4.69) is 10.3 Å². The van der Waals surface area contributed by atoms with Crippen LogP contribution in [0.3, 0.4) is 0 Å². The second-order valence-corrected chi connectivity index (χ2v) is 3.69. The summed E-state index contributed by atoms with van der Waals surface area (Å²) in [7, 11) is 3.14. The molecule has 0 spiro atoms. The van der Waals surface area contributed by atoms with Gasteiger partial charge in [0, 0.05) is 6.07 Å². The van der Waals surface area contributed by atoms with Crippen molar-refractivity contribution in [3.8, 4) is 17.7 Å². The van der Waals surface area contributed by atoms with E-state index in [-0.39, 0.29) is 0 Å². The zero-order chi connectivity index (χ0) is 12.7. The Bertz CT molecular complexity index is 455. The van der Waals surface area contributed by atoms with Crippen LogP contribution >= 0.6 is 11.8 Å².